The van der Waals surface area contributed by atoms with E-state index in [-0.39, 0.29) is 19.1 Å². The van der Waals surface area contributed by atoms with Crippen LogP contribution < -0.4 is 0 Å². The highest BCUT2D eigenvalue weighted by molar-refractivity contribution is 5.76. The average Bonchev–Trinajstić information content (AvgIpc) is 3.08. The Balaban J connectivity index is 1.73. The number of ether oxygens (including phenoxy) is 1. The van der Waals surface area contributed by atoms with E-state index in [9.17, 15) is 14.7 Å². The van der Waals surface area contributed by atoms with Gasteiger partial charge in [-0.2, -0.15) is 0 Å². The quantitative estimate of drug-likeness (QED) is 0.909. The van der Waals surface area contributed by atoms with Crippen molar-refractivity contribution in [3.05, 3.63) is 70.8 Å². The zero-order valence-electron chi connectivity index (χ0n) is 15.0. The molecule has 5 heteroatoms. The van der Waals surface area contributed by atoms with Crippen LogP contribution in [0.4, 0.5) is 4.79 Å². The molecule has 1 heterocycles. The van der Waals surface area contributed by atoms with Gasteiger partial charge in [-0.15, -0.1) is 0 Å². The number of aliphatic carboxylic acids is 1. The maximum absolute atomic E-state index is 12.4. The highest BCUT2D eigenvalue weighted by Gasteiger charge is 2.41. The highest BCUT2D eigenvalue weighted by Crippen LogP contribution is 2.35. The van der Waals surface area contributed by atoms with Crippen molar-refractivity contribution in [2.75, 3.05) is 13.1 Å². The first-order chi connectivity index (χ1) is 12.5. The van der Waals surface area contributed by atoms with Crippen molar-refractivity contribution in [1.82, 2.24) is 4.90 Å². The minimum Gasteiger partial charge on any atom is -0.481 e. The van der Waals surface area contributed by atoms with Gasteiger partial charge in [0.1, 0.15) is 6.61 Å². The molecule has 1 saturated heterocycles. The zero-order valence-corrected chi connectivity index (χ0v) is 15.0. The Morgan fingerprint density at radius 3 is 2.50 bits per heavy atom. The largest absolute Gasteiger partial charge is 0.481 e. The summed E-state index contributed by atoms with van der Waals surface area (Å²) in [7, 11) is 0. The highest BCUT2D eigenvalue weighted by atomic mass is 16.6. The standard InChI is InChI=1S/C21H23NO4/c1-14-7-6-10-17(15(14)2)18-11-22(12-19(18)20(23)24)21(25)26-13-16-8-4-3-5-9-16/h3-10,18-19H,11-13H2,1-2H3,(H,23,24). The second-order valence-corrected chi connectivity index (χ2v) is 6.79. The van der Waals surface area contributed by atoms with Crippen molar-refractivity contribution in [1.29, 1.82) is 0 Å². The van der Waals surface area contributed by atoms with Gasteiger partial charge in [-0.25, -0.2) is 4.79 Å². The molecule has 2 atom stereocenters. The van der Waals surface area contributed by atoms with Crippen LogP contribution in [0.15, 0.2) is 48.5 Å². The van der Waals surface area contributed by atoms with Crippen molar-refractivity contribution >= 4 is 12.1 Å². The van der Waals surface area contributed by atoms with E-state index in [1.807, 2.05) is 62.4 Å². The van der Waals surface area contributed by atoms with E-state index in [0.29, 0.717) is 6.54 Å². The maximum atomic E-state index is 12.4. The molecule has 1 amide bonds. The topological polar surface area (TPSA) is 66.8 Å². The zero-order chi connectivity index (χ0) is 18.7. The number of likely N-dealkylation sites (tertiary alicyclic amines) is 1. The van der Waals surface area contributed by atoms with Gasteiger partial charge < -0.3 is 14.7 Å². The van der Waals surface area contributed by atoms with Gasteiger partial charge in [0, 0.05) is 19.0 Å². The summed E-state index contributed by atoms with van der Waals surface area (Å²) in [5.41, 5.74) is 4.11. The lowest BCUT2D eigenvalue weighted by Crippen LogP contribution is -2.30. The Morgan fingerprint density at radius 1 is 1.08 bits per heavy atom. The Hall–Kier alpha value is -2.82. The van der Waals surface area contributed by atoms with Crippen molar-refractivity contribution < 1.29 is 19.4 Å². The average molecular weight is 353 g/mol. The molecule has 2 unspecified atom stereocenters. The number of carbonyl (C=O) groups is 2. The number of hydrogen-bond donors (Lipinski definition) is 1. The molecule has 1 fully saturated rings. The third-order valence-corrected chi connectivity index (χ3v) is 5.15. The second-order valence-electron chi connectivity index (χ2n) is 6.79. The van der Waals surface area contributed by atoms with Crippen molar-refractivity contribution in [3.8, 4) is 0 Å². The van der Waals surface area contributed by atoms with Crippen LogP contribution in [0.3, 0.4) is 0 Å². The lowest BCUT2D eigenvalue weighted by atomic mass is 9.85. The molecule has 136 valence electrons. The van der Waals surface area contributed by atoms with Crippen LogP contribution in [0.1, 0.15) is 28.2 Å². The van der Waals surface area contributed by atoms with Crippen LogP contribution in [0, 0.1) is 19.8 Å². The lowest BCUT2D eigenvalue weighted by Gasteiger charge is -2.19. The Bertz CT molecular complexity index is 803. The summed E-state index contributed by atoms with van der Waals surface area (Å²) in [4.78, 5) is 25.7. The number of aryl methyl sites for hydroxylation is 1. The number of nitrogens with zero attached hydrogens (tertiary/aromatic N) is 1. The van der Waals surface area contributed by atoms with Crippen LogP contribution in [0.2, 0.25) is 0 Å². The Labute approximate surface area is 153 Å². The van der Waals surface area contributed by atoms with Crippen molar-refractivity contribution in [2.24, 2.45) is 5.92 Å². The smallest absolute Gasteiger partial charge is 0.410 e. The van der Waals surface area contributed by atoms with Gasteiger partial charge in [-0.3, -0.25) is 4.79 Å². The third kappa shape index (κ3) is 3.72. The fourth-order valence-electron chi connectivity index (χ4n) is 3.50. The summed E-state index contributed by atoms with van der Waals surface area (Å²) >= 11 is 0. The minimum absolute atomic E-state index is 0.168. The van der Waals surface area contributed by atoms with Gasteiger partial charge in [0.05, 0.1) is 5.92 Å². The molecule has 0 spiro atoms. The fourth-order valence-corrected chi connectivity index (χ4v) is 3.50. The summed E-state index contributed by atoms with van der Waals surface area (Å²) < 4.78 is 5.37. The molecule has 2 aromatic rings. The summed E-state index contributed by atoms with van der Waals surface area (Å²) in [6.07, 6.45) is -0.465. The molecule has 1 aliphatic heterocycles. The van der Waals surface area contributed by atoms with Crippen LogP contribution >= 0.6 is 0 Å². The Kier molecular flexibility index (Phi) is 5.26. The van der Waals surface area contributed by atoms with Crippen molar-refractivity contribution in [3.63, 3.8) is 0 Å². The van der Waals surface area contributed by atoms with E-state index in [1.165, 1.54) is 4.90 Å². The van der Waals surface area contributed by atoms with Crippen molar-refractivity contribution in [2.45, 2.75) is 26.4 Å². The Morgan fingerprint density at radius 2 is 1.81 bits per heavy atom. The number of rotatable bonds is 4. The molecule has 0 bridgehead atoms. The predicted molar refractivity (Wildman–Crippen MR) is 98.0 cm³/mol. The van der Waals surface area contributed by atoms with Gasteiger partial charge >= 0.3 is 12.1 Å². The van der Waals surface area contributed by atoms with E-state index in [0.717, 1.165) is 22.3 Å². The molecule has 0 aromatic heterocycles. The van der Waals surface area contributed by atoms with E-state index < -0.39 is 18.0 Å². The number of carboxylic acid groups (broad SMARTS) is 1. The summed E-state index contributed by atoms with van der Waals surface area (Å²) in [5, 5.41) is 9.63. The van der Waals surface area contributed by atoms with Crippen LogP contribution in [-0.2, 0) is 16.1 Å². The van der Waals surface area contributed by atoms with Gasteiger partial charge in [0.2, 0.25) is 0 Å². The third-order valence-electron chi connectivity index (χ3n) is 5.15. The molecule has 0 radical (unpaired) electrons. The van der Waals surface area contributed by atoms with Gasteiger partial charge in [-0.1, -0.05) is 48.5 Å². The van der Waals surface area contributed by atoms with E-state index >= 15 is 0 Å². The summed E-state index contributed by atoms with van der Waals surface area (Å²) in [6.45, 7) is 4.72. The number of carbonyl (C=O) groups excluding carboxylic acids is 1. The minimum atomic E-state index is -0.880. The van der Waals surface area contributed by atoms with E-state index in [2.05, 4.69) is 0 Å². The number of hydrogen-bond acceptors (Lipinski definition) is 3. The molecule has 0 aliphatic carbocycles. The molecule has 3 rings (SSSR count). The lowest BCUT2D eigenvalue weighted by molar-refractivity contribution is -0.141. The number of benzene rings is 2. The number of amides is 1. The normalized spacial score (nSPS) is 19.4. The van der Waals surface area contributed by atoms with E-state index in [4.69, 9.17) is 4.74 Å². The molecule has 2 aromatic carbocycles. The second kappa shape index (κ2) is 7.60. The first kappa shape index (κ1) is 18.0. The number of carboxylic acids is 1. The van der Waals surface area contributed by atoms with Gasteiger partial charge in [0.25, 0.3) is 0 Å². The summed E-state index contributed by atoms with van der Waals surface area (Å²) in [6, 6.07) is 15.3. The molecule has 26 heavy (non-hydrogen) atoms. The maximum Gasteiger partial charge on any atom is 0.410 e. The molecule has 5 nitrogen and oxygen atoms in total. The molecule has 1 aliphatic rings. The molecular formula is C21H23NO4. The van der Waals surface area contributed by atoms with Crippen LogP contribution in [0.25, 0.3) is 0 Å². The fraction of sp³-hybridized carbons (Fsp3) is 0.333. The van der Waals surface area contributed by atoms with Gasteiger partial charge in [-0.05, 0) is 36.1 Å². The van der Waals surface area contributed by atoms with Crippen LogP contribution in [0.5, 0.6) is 0 Å². The monoisotopic (exact) mass is 353 g/mol. The first-order valence-electron chi connectivity index (χ1n) is 8.72. The molecule has 0 saturated carbocycles. The SMILES string of the molecule is Cc1cccc(C2CN(C(=O)OCc3ccccc3)CC2C(=O)O)c1C. The van der Waals surface area contributed by atoms with Gasteiger partial charge in [0.15, 0.2) is 0 Å². The predicted octanol–water partition coefficient (Wildman–Crippen LogP) is 3.74. The summed E-state index contributed by atoms with van der Waals surface area (Å²) in [5.74, 6) is -1.73. The van der Waals surface area contributed by atoms with E-state index in [1.54, 1.807) is 0 Å². The molecule has 1 N–H and O–H groups in total. The first-order valence-corrected chi connectivity index (χ1v) is 8.72. The van der Waals surface area contributed by atoms with Crippen LogP contribution in [-0.4, -0.2) is 35.2 Å². The molecular weight excluding hydrogens is 330 g/mol.